The first kappa shape index (κ1) is 14.2. The molecule has 0 aliphatic heterocycles. The predicted molar refractivity (Wildman–Crippen MR) is 42.0 cm³/mol. The van der Waals surface area contributed by atoms with Crippen LogP contribution >= 0.6 is 16.1 Å². The van der Waals surface area contributed by atoms with Gasteiger partial charge in [0.25, 0.3) is 0 Å². The van der Waals surface area contributed by atoms with E-state index in [0.29, 0.717) is 0 Å². The normalized spacial score (nSPS) is 14.2. The van der Waals surface area contributed by atoms with Gasteiger partial charge in [-0.05, 0) is 0 Å². The molecule has 0 heterocycles. The van der Waals surface area contributed by atoms with Crippen LogP contribution in [0.2, 0.25) is 0 Å². The average molecular weight is 252 g/mol. The van der Waals surface area contributed by atoms with E-state index in [1.807, 2.05) is 0 Å². The van der Waals surface area contributed by atoms with E-state index < -0.39 is 16.1 Å². The van der Waals surface area contributed by atoms with Crippen molar-refractivity contribution in [3.05, 3.63) is 0 Å². The highest BCUT2D eigenvalue weighted by Gasteiger charge is 2.33. The number of hydrogen-bond acceptors (Lipinski definition) is 9. The van der Waals surface area contributed by atoms with Crippen LogP contribution in [0.15, 0.2) is 0 Å². The zero-order valence-corrected chi connectivity index (χ0v) is 9.52. The Morgan fingerprint density at radius 3 is 1.86 bits per heavy atom. The van der Waals surface area contributed by atoms with Gasteiger partial charge >= 0.3 is 16.1 Å². The molecule has 11 heteroatoms. The van der Waals surface area contributed by atoms with Crippen molar-refractivity contribution in [3.8, 4) is 0 Å². The Hall–Kier alpha value is 0.180. The molecular weight excluding hydrogens is 242 g/mol. The molecule has 0 saturated heterocycles. The first-order chi connectivity index (χ1) is 6.58. The number of phosphoric acid groups is 1. The molecule has 0 amide bonds. The van der Waals surface area contributed by atoms with E-state index in [1.54, 1.807) is 0 Å². The fourth-order valence-electron chi connectivity index (χ4n) is 0.400. The van der Waals surface area contributed by atoms with Crippen LogP contribution in [-0.4, -0.2) is 21.3 Å². The molecular formula is C3H10O9P2. The zero-order valence-electron chi connectivity index (χ0n) is 7.62. The molecule has 0 aliphatic carbocycles. The van der Waals surface area contributed by atoms with Gasteiger partial charge in [-0.3, -0.25) is 4.57 Å². The molecule has 0 aromatic heterocycles. The summed E-state index contributed by atoms with van der Waals surface area (Å²) in [5, 5.41) is 0. The van der Waals surface area contributed by atoms with E-state index >= 15 is 0 Å². The molecule has 1 unspecified atom stereocenters. The molecule has 9 nitrogen and oxygen atoms in total. The Morgan fingerprint density at radius 2 is 1.50 bits per heavy atom. The van der Waals surface area contributed by atoms with Crippen LogP contribution in [0.4, 0.5) is 0 Å². The molecule has 0 aromatic rings. The molecule has 14 heavy (non-hydrogen) atoms. The van der Waals surface area contributed by atoms with Crippen LogP contribution in [-0.2, 0) is 42.1 Å². The summed E-state index contributed by atoms with van der Waals surface area (Å²) in [7, 11) is -4.23. The van der Waals surface area contributed by atoms with Gasteiger partial charge < -0.3 is 0 Å². The largest absolute Gasteiger partial charge is 0.536 e. The number of rotatable bonds is 8. The Kier molecular flexibility index (Phi) is 7.56. The lowest BCUT2D eigenvalue weighted by molar-refractivity contribution is -0.255. The van der Waals surface area contributed by atoms with Crippen LogP contribution in [0.1, 0.15) is 0 Å². The summed E-state index contributed by atoms with van der Waals surface area (Å²) in [4.78, 5) is 12.1. The maximum absolute atomic E-state index is 11.3. The Morgan fingerprint density at radius 1 is 1.00 bits per heavy atom. The average Bonchev–Trinajstić information content (AvgIpc) is 2.04. The summed E-state index contributed by atoms with van der Waals surface area (Å²) in [6.07, 6.45) is 0. The molecule has 0 saturated carbocycles. The third-order valence-electron chi connectivity index (χ3n) is 0.669. The molecule has 0 aliphatic rings. The van der Waals surface area contributed by atoms with Gasteiger partial charge in [-0.25, -0.2) is 23.5 Å². The molecule has 0 aromatic carbocycles. The van der Waals surface area contributed by atoms with E-state index in [2.05, 4.69) is 33.0 Å². The van der Waals surface area contributed by atoms with Crippen molar-refractivity contribution in [3.63, 3.8) is 0 Å². The van der Waals surface area contributed by atoms with Gasteiger partial charge in [-0.15, -0.1) is 9.35 Å². The SMILES string of the molecule is COO[PH](=O)OP(=O)(OOC)OOC. The van der Waals surface area contributed by atoms with Crippen LogP contribution in [0.3, 0.4) is 0 Å². The van der Waals surface area contributed by atoms with Gasteiger partial charge in [-0.2, -0.15) is 4.67 Å². The maximum atomic E-state index is 11.3. The first-order valence-corrected chi connectivity index (χ1v) is 5.75. The molecule has 0 N–H and O–H groups in total. The predicted octanol–water partition coefficient (Wildman–Crippen LogP) is 1.23. The van der Waals surface area contributed by atoms with Crippen molar-refractivity contribution in [1.82, 2.24) is 0 Å². The zero-order chi connectivity index (χ0) is 11.0. The lowest BCUT2D eigenvalue weighted by atomic mass is 11.8. The minimum Gasteiger partial charge on any atom is -0.260 e. The Balaban J connectivity index is 4.21. The van der Waals surface area contributed by atoms with Gasteiger partial charge in [0.2, 0.25) is 0 Å². The summed E-state index contributed by atoms with van der Waals surface area (Å²) in [6, 6.07) is 0. The summed E-state index contributed by atoms with van der Waals surface area (Å²) in [6.45, 7) is 0. The first-order valence-electron chi connectivity index (χ1n) is 3.07. The molecule has 0 rings (SSSR count). The number of hydrogen-bond donors (Lipinski definition) is 0. The quantitative estimate of drug-likeness (QED) is 0.358. The minimum atomic E-state index is -4.22. The van der Waals surface area contributed by atoms with Crippen molar-refractivity contribution in [2.24, 2.45) is 0 Å². The molecule has 1 atom stereocenters. The standard InChI is InChI=1S/C3H10O9P2/c1-6-9-13(4)12-14(5,10-7-2)11-8-3/h13H,1-3H3. The third kappa shape index (κ3) is 5.82. The highest BCUT2D eigenvalue weighted by atomic mass is 31.2. The van der Waals surface area contributed by atoms with Gasteiger partial charge in [0, 0.05) is 0 Å². The van der Waals surface area contributed by atoms with Gasteiger partial charge in [-0.1, -0.05) is 0 Å². The maximum Gasteiger partial charge on any atom is 0.536 e. The van der Waals surface area contributed by atoms with Crippen molar-refractivity contribution < 1.29 is 42.1 Å². The van der Waals surface area contributed by atoms with E-state index in [0.717, 1.165) is 21.3 Å². The van der Waals surface area contributed by atoms with Crippen molar-refractivity contribution in [2.75, 3.05) is 21.3 Å². The van der Waals surface area contributed by atoms with Gasteiger partial charge in [0.05, 0.1) is 21.3 Å². The summed E-state index contributed by atoms with van der Waals surface area (Å²) in [5.74, 6) is 0. The van der Waals surface area contributed by atoms with E-state index in [-0.39, 0.29) is 0 Å². The van der Waals surface area contributed by atoms with Crippen LogP contribution < -0.4 is 0 Å². The monoisotopic (exact) mass is 252 g/mol. The summed E-state index contributed by atoms with van der Waals surface area (Å²) >= 11 is 0. The lowest BCUT2D eigenvalue weighted by Crippen LogP contribution is -1.96. The molecule has 86 valence electrons. The third-order valence-corrected chi connectivity index (χ3v) is 3.13. The minimum absolute atomic E-state index is 1.05. The van der Waals surface area contributed by atoms with E-state index in [9.17, 15) is 9.13 Å². The van der Waals surface area contributed by atoms with Crippen molar-refractivity contribution in [2.45, 2.75) is 0 Å². The van der Waals surface area contributed by atoms with Gasteiger partial charge in [0.15, 0.2) is 0 Å². The second kappa shape index (κ2) is 7.47. The molecule has 0 bridgehead atoms. The molecule has 0 spiro atoms. The Labute approximate surface area is 80.5 Å². The summed E-state index contributed by atoms with van der Waals surface area (Å²) in [5.41, 5.74) is 0. The van der Waals surface area contributed by atoms with Gasteiger partial charge in [0.1, 0.15) is 0 Å². The van der Waals surface area contributed by atoms with E-state index in [4.69, 9.17) is 0 Å². The van der Waals surface area contributed by atoms with E-state index in [1.165, 1.54) is 0 Å². The van der Waals surface area contributed by atoms with Crippen molar-refractivity contribution >= 4 is 16.1 Å². The summed E-state index contributed by atoms with van der Waals surface area (Å²) < 4.78 is 38.4. The second-order valence-corrected chi connectivity index (χ2v) is 4.11. The smallest absolute Gasteiger partial charge is 0.260 e. The topological polar surface area (TPSA) is 98.8 Å². The lowest BCUT2D eigenvalue weighted by Gasteiger charge is -2.11. The Bertz CT molecular complexity index is 206. The fourth-order valence-corrected chi connectivity index (χ4v) is 2.02. The highest BCUT2D eigenvalue weighted by molar-refractivity contribution is 7.56. The van der Waals surface area contributed by atoms with Crippen LogP contribution in [0, 0.1) is 0 Å². The molecule has 0 fully saturated rings. The molecule has 0 radical (unpaired) electrons. The van der Waals surface area contributed by atoms with Crippen LogP contribution in [0.5, 0.6) is 0 Å². The highest BCUT2D eigenvalue weighted by Crippen LogP contribution is 2.56. The van der Waals surface area contributed by atoms with Crippen LogP contribution in [0.25, 0.3) is 0 Å². The fraction of sp³-hybridized carbons (Fsp3) is 1.00. The van der Waals surface area contributed by atoms with Crippen molar-refractivity contribution in [1.29, 1.82) is 0 Å². The second-order valence-electron chi connectivity index (χ2n) is 1.52.